The lowest BCUT2D eigenvalue weighted by molar-refractivity contribution is 0.355. The van der Waals surface area contributed by atoms with Crippen molar-refractivity contribution < 1.29 is 8.42 Å². The lowest BCUT2D eigenvalue weighted by Crippen LogP contribution is -2.37. The summed E-state index contributed by atoms with van der Waals surface area (Å²) >= 11 is 3.34. The molecule has 0 aromatic heterocycles. The molecule has 0 radical (unpaired) electrons. The number of hydrogen-bond acceptors (Lipinski definition) is 2. The summed E-state index contributed by atoms with van der Waals surface area (Å²) in [4.78, 5) is 0.380. The third kappa shape index (κ3) is 3.80. The van der Waals surface area contributed by atoms with Gasteiger partial charge in [-0.1, -0.05) is 28.1 Å². The molecule has 0 spiro atoms. The summed E-state index contributed by atoms with van der Waals surface area (Å²) in [5.41, 5.74) is 0.959. The predicted molar refractivity (Wildman–Crippen MR) is 78.6 cm³/mol. The SMILES string of the molecule is Cc1cccc(S(=O)(=O)N(CCCBr)C(C)C)c1. The number of alkyl halides is 1. The molecule has 0 amide bonds. The minimum Gasteiger partial charge on any atom is -0.207 e. The van der Waals surface area contributed by atoms with Crippen molar-refractivity contribution in [3.8, 4) is 0 Å². The van der Waals surface area contributed by atoms with Crippen LogP contribution in [0.2, 0.25) is 0 Å². The van der Waals surface area contributed by atoms with E-state index >= 15 is 0 Å². The van der Waals surface area contributed by atoms with E-state index in [9.17, 15) is 8.42 Å². The first kappa shape index (κ1) is 15.7. The molecule has 0 aliphatic carbocycles. The molecule has 0 saturated carbocycles. The van der Waals surface area contributed by atoms with Crippen LogP contribution in [0.5, 0.6) is 0 Å². The standard InChI is InChI=1S/C13H20BrNO2S/c1-11(2)15(9-5-8-14)18(16,17)13-7-4-6-12(3)10-13/h4,6-7,10-11H,5,8-9H2,1-3H3. The Morgan fingerprint density at radius 1 is 1.33 bits per heavy atom. The van der Waals surface area contributed by atoms with E-state index in [-0.39, 0.29) is 6.04 Å². The van der Waals surface area contributed by atoms with Gasteiger partial charge in [0, 0.05) is 17.9 Å². The molecule has 102 valence electrons. The monoisotopic (exact) mass is 333 g/mol. The lowest BCUT2D eigenvalue weighted by Gasteiger charge is -2.25. The van der Waals surface area contributed by atoms with Gasteiger partial charge in [0.2, 0.25) is 10.0 Å². The molecule has 0 N–H and O–H groups in total. The first-order chi connectivity index (χ1) is 8.39. The Labute approximate surface area is 118 Å². The highest BCUT2D eigenvalue weighted by Crippen LogP contribution is 2.19. The van der Waals surface area contributed by atoms with E-state index in [4.69, 9.17) is 0 Å². The summed E-state index contributed by atoms with van der Waals surface area (Å²) in [6.45, 7) is 6.25. The second-order valence-corrected chi connectivity index (χ2v) is 7.25. The van der Waals surface area contributed by atoms with Crippen molar-refractivity contribution in [3.63, 3.8) is 0 Å². The molecule has 0 atom stereocenters. The molecule has 1 aromatic rings. The summed E-state index contributed by atoms with van der Waals surface area (Å²) in [5.74, 6) is 0. The van der Waals surface area contributed by atoms with Crippen molar-refractivity contribution in [2.45, 2.75) is 38.1 Å². The zero-order valence-electron chi connectivity index (χ0n) is 11.1. The molecular weight excluding hydrogens is 314 g/mol. The lowest BCUT2D eigenvalue weighted by atomic mass is 10.2. The predicted octanol–water partition coefficient (Wildman–Crippen LogP) is 3.18. The molecule has 0 fully saturated rings. The minimum atomic E-state index is -3.38. The molecule has 0 bridgehead atoms. The summed E-state index contributed by atoms with van der Waals surface area (Å²) < 4.78 is 26.6. The maximum Gasteiger partial charge on any atom is 0.243 e. The fourth-order valence-corrected chi connectivity index (χ4v) is 3.81. The van der Waals surface area contributed by atoms with Gasteiger partial charge in [0.1, 0.15) is 0 Å². The van der Waals surface area contributed by atoms with E-state index in [0.717, 1.165) is 17.3 Å². The Kier molecular flexibility index (Phi) is 5.82. The van der Waals surface area contributed by atoms with Gasteiger partial charge in [-0.2, -0.15) is 4.31 Å². The van der Waals surface area contributed by atoms with Crippen molar-refractivity contribution in [1.82, 2.24) is 4.31 Å². The third-order valence-electron chi connectivity index (χ3n) is 2.68. The average molecular weight is 334 g/mol. The molecule has 0 unspecified atom stereocenters. The summed E-state index contributed by atoms with van der Waals surface area (Å²) in [6.07, 6.45) is 0.809. The van der Waals surface area contributed by atoms with Crippen LogP contribution in [0, 0.1) is 6.92 Å². The summed E-state index contributed by atoms with van der Waals surface area (Å²) in [6, 6.07) is 7.03. The number of aryl methyl sites for hydroxylation is 1. The van der Waals surface area contributed by atoms with E-state index < -0.39 is 10.0 Å². The number of nitrogens with zero attached hydrogens (tertiary/aromatic N) is 1. The topological polar surface area (TPSA) is 37.4 Å². The highest BCUT2D eigenvalue weighted by atomic mass is 79.9. The second kappa shape index (κ2) is 6.68. The van der Waals surface area contributed by atoms with Gasteiger partial charge in [-0.25, -0.2) is 8.42 Å². The van der Waals surface area contributed by atoms with Crippen molar-refractivity contribution >= 4 is 26.0 Å². The molecule has 1 aromatic carbocycles. The van der Waals surface area contributed by atoms with E-state index in [0.29, 0.717) is 11.4 Å². The van der Waals surface area contributed by atoms with E-state index in [1.165, 1.54) is 0 Å². The molecule has 5 heteroatoms. The van der Waals surface area contributed by atoms with Gasteiger partial charge in [0.25, 0.3) is 0 Å². The Balaban J connectivity index is 3.09. The van der Waals surface area contributed by atoms with Gasteiger partial charge >= 0.3 is 0 Å². The van der Waals surface area contributed by atoms with E-state index in [2.05, 4.69) is 15.9 Å². The summed E-state index contributed by atoms with van der Waals surface area (Å²) in [7, 11) is -3.38. The fraction of sp³-hybridized carbons (Fsp3) is 0.538. The number of hydrogen-bond donors (Lipinski definition) is 0. The van der Waals surface area contributed by atoms with Crippen LogP contribution in [0.25, 0.3) is 0 Å². The molecule has 1 rings (SSSR count). The molecule has 0 aliphatic rings. The van der Waals surface area contributed by atoms with Crippen molar-refractivity contribution in [3.05, 3.63) is 29.8 Å². The van der Waals surface area contributed by atoms with Crippen LogP contribution in [0.4, 0.5) is 0 Å². The zero-order valence-corrected chi connectivity index (χ0v) is 13.5. The van der Waals surface area contributed by atoms with Crippen LogP contribution >= 0.6 is 15.9 Å². The van der Waals surface area contributed by atoms with Crippen LogP contribution in [-0.4, -0.2) is 30.6 Å². The van der Waals surface area contributed by atoms with E-state index in [1.807, 2.05) is 26.8 Å². The van der Waals surface area contributed by atoms with Crippen LogP contribution in [-0.2, 0) is 10.0 Å². The molecular formula is C13H20BrNO2S. The highest BCUT2D eigenvalue weighted by Gasteiger charge is 2.26. The Hall–Kier alpha value is -0.390. The van der Waals surface area contributed by atoms with Gasteiger partial charge < -0.3 is 0 Å². The number of sulfonamides is 1. The first-order valence-electron chi connectivity index (χ1n) is 6.04. The molecule has 0 aliphatic heterocycles. The molecule has 3 nitrogen and oxygen atoms in total. The quantitative estimate of drug-likeness (QED) is 0.750. The summed E-state index contributed by atoms with van der Waals surface area (Å²) in [5, 5.41) is 0.805. The normalized spacial score (nSPS) is 12.3. The van der Waals surface area contributed by atoms with Crippen LogP contribution in [0.15, 0.2) is 29.2 Å². The Bertz CT molecular complexity index is 486. The average Bonchev–Trinajstić information content (AvgIpc) is 2.28. The van der Waals surface area contributed by atoms with Crippen molar-refractivity contribution in [2.24, 2.45) is 0 Å². The van der Waals surface area contributed by atoms with E-state index in [1.54, 1.807) is 22.5 Å². The van der Waals surface area contributed by atoms with Crippen molar-refractivity contribution in [1.29, 1.82) is 0 Å². The van der Waals surface area contributed by atoms with Gasteiger partial charge in [-0.15, -0.1) is 0 Å². The highest BCUT2D eigenvalue weighted by molar-refractivity contribution is 9.09. The third-order valence-corrected chi connectivity index (χ3v) is 5.32. The minimum absolute atomic E-state index is 0.0328. The van der Waals surface area contributed by atoms with Gasteiger partial charge in [0.15, 0.2) is 0 Å². The Morgan fingerprint density at radius 3 is 2.50 bits per heavy atom. The smallest absolute Gasteiger partial charge is 0.207 e. The molecule has 18 heavy (non-hydrogen) atoms. The van der Waals surface area contributed by atoms with Crippen LogP contribution < -0.4 is 0 Å². The molecule has 0 heterocycles. The fourth-order valence-electron chi connectivity index (χ4n) is 1.78. The van der Waals surface area contributed by atoms with Gasteiger partial charge in [-0.05, 0) is 44.9 Å². The maximum absolute atomic E-state index is 12.5. The number of rotatable bonds is 6. The second-order valence-electron chi connectivity index (χ2n) is 4.57. The van der Waals surface area contributed by atoms with Crippen LogP contribution in [0.1, 0.15) is 25.8 Å². The Morgan fingerprint density at radius 2 is 2.00 bits per heavy atom. The first-order valence-corrected chi connectivity index (χ1v) is 8.60. The number of halogens is 1. The maximum atomic E-state index is 12.5. The van der Waals surface area contributed by atoms with Gasteiger partial charge in [0.05, 0.1) is 4.90 Å². The van der Waals surface area contributed by atoms with Crippen LogP contribution in [0.3, 0.4) is 0 Å². The van der Waals surface area contributed by atoms with Gasteiger partial charge in [-0.3, -0.25) is 0 Å². The number of benzene rings is 1. The zero-order chi connectivity index (χ0) is 13.8. The molecule has 0 saturated heterocycles. The van der Waals surface area contributed by atoms with Crippen molar-refractivity contribution in [2.75, 3.05) is 11.9 Å². The largest absolute Gasteiger partial charge is 0.243 e.